The third-order valence-electron chi connectivity index (χ3n) is 9.02. The molecule has 0 saturated heterocycles. The summed E-state index contributed by atoms with van der Waals surface area (Å²) in [5, 5.41) is 0. The fourth-order valence-corrected chi connectivity index (χ4v) is 8.88. The second kappa shape index (κ2) is 7.55. The van der Waals surface area contributed by atoms with Crippen molar-refractivity contribution >= 4 is 14.6 Å². The summed E-state index contributed by atoms with van der Waals surface area (Å²) >= 11 is 0. The summed E-state index contributed by atoms with van der Waals surface area (Å²) in [4.78, 5) is 13.4. The van der Waals surface area contributed by atoms with E-state index in [1.807, 2.05) is 0 Å². The van der Waals surface area contributed by atoms with Crippen LogP contribution in [0.5, 0.6) is 0 Å². The van der Waals surface area contributed by atoms with Gasteiger partial charge in [0.25, 0.3) is 0 Å². The Morgan fingerprint density at radius 3 is 2.43 bits per heavy atom. The van der Waals surface area contributed by atoms with Gasteiger partial charge in [0, 0.05) is 5.92 Å². The maximum Gasteiger partial charge on any atom is 0.313 e. The lowest BCUT2D eigenvalue weighted by Gasteiger charge is -2.49. The number of ether oxygens (including phenoxy) is 1. The molecule has 3 heteroatoms. The minimum atomic E-state index is -0.222. The van der Waals surface area contributed by atoms with E-state index in [1.165, 1.54) is 25.7 Å². The Hall–Kier alpha value is -0.100. The predicted molar refractivity (Wildman–Crippen MR) is 121 cm³/mol. The molecular weight excluding hydrogens is 363 g/mol. The lowest BCUT2D eigenvalue weighted by molar-refractivity contribution is -0.179. The molecule has 3 aliphatic rings. The number of rotatable bonds is 6. The zero-order valence-corrected chi connectivity index (χ0v) is 20.8. The van der Waals surface area contributed by atoms with Crippen molar-refractivity contribution in [3.63, 3.8) is 0 Å². The molecule has 0 N–H and O–H groups in total. The molecular formula is C25H45O2P. The highest BCUT2D eigenvalue weighted by Gasteiger charge is 2.69. The quantitative estimate of drug-likeness (QED) is 0.347. The molecule has 0 aromatic rings. The van der Waals surface area contributed by atoms with Crippen molar-refractivity contribution in [2.24, 2.45) is 34.0 Å². The third kappa shape index (κ3) is 3.59. The number of carbonyl (C=O) groups excluding carboxylic acids is 1. The molecule has 1 spiro atoms. The van der Waals surface area contributed by atoms with E-state index in [9.17, 15) is 4.79 Å². The standard InChI is InChI=1S/C25H45O2P/c1-9-12-25(27-21(26)18(28-8)15-22(3,4)5)14-13-24-16-20(25)23(6,7)19(24)11-10-17(24)2/h17-20,28H,9-16H2,1-8H3. The highest BCUT2D eigenvalue weighted by molar-refractivity contribution is 7.39. The van der Waals surface area contributed by atoms with E-state index in [4.69, 9.17) is 4.74 Å². The van der Waals surface area contributed by atoms with Gasteiger partial charge in [-0.1, -0.05) is 54.9 Å². The summed E-state index contributed by atoms with van der Waals surface area (Å²) in [6, 6.07) is 0. The minimum Gasteiger partial charge on any atom is -0.458 e. The molecule has 2 bridgehead atoms. The lowest BCUT2D eigenvalue weighted by atomic mass is 9.62. The number of fused-ring (bicyclic) bond motifs is 1. The van der Waals surface area contributed by atoms with E-state index < -0.39 is 0 Å². The molecule has 0 aromatic carbocycles. The monoisotopic (exact) mass is 408 g/mol. The molecule has 0 radical (unpaired) electrons. The van der Waals surface area contributed by atoms with Gasteiger partial charge in [0.15, 0.2) is 0 Å². The average Bonchev–Trinajstić information content (AvgIpc) is 3.01. The molecule has 162 valence electrons. The molecule has 7 unspecified atom stereocenters. The van der Waals surface area contributed by atoms with Crippen LogP contribution in [0.4, 0.5) is 0 Å². The summed E-state index contributed by atoms with van der Waals surface area (Å²) in [5.41, 5.74) is 0.813. The highest BCUT2D eigenvalue weighted by Crippen LogP contribution is 2.74. The van der Waals surface area contributed by atoms with Gasteiger partial charge in [-0.2, -0.15) is 0 Å². The summed E-state index contributed by atoms with van der Waals surface area (Å²) < 4.78 is 6.65. The smallest absolute Gasteiger partial charge is 0.313 e. The van der Waals surface area contributed by atoms with Gasteiger partial charge in [0.05, 0.1) is 5.66 Å². The Bertz CT molecular complexity index is 592. The first-order valence-electron chi connectivity index (χ1n) is 11.8. The fraction of sp³-hybridized carbons (Fsp3) is 0.960. The molecule has 3 saturated carbocycles. The third-order valence-corrected chi connectivity index (χ3v) is 10.2. The fourth-order valence-electron chi connectivity index (χ4n) is 7.77. The van der Waals surface area contributed by atoms with Gasteiger partial charge >= 0.3 is 5.97 Å². The van der Waals surface area contributed by atoms with Gasteiger partial charge in [0.2, 0.25) is 0 Å². The molecule has 0 amide bonds. The molecule has 2 nitrogen and oxygen atoms in total. The summed E-state index contributed by atoms with van der Waals surface area (Å²) in [5.74, 6) is 2.28. The summed E-state index contributed by atoms with van der Waals surface area (Å²) in [6.07, 6.45) is 9.50. The van der Waals surface area contributed by atoms with Gasteiger partial charge in [-0.15, -0.1) is 8.58 Å². The topological polar surface area (TPSA) is 26.3 Å². The Morgan fingerprint density at radius 1 is 1.18 bits per heavy atom. The normalized spacial score (nSPS) is 40.6. The molecule has 3 fully saturated rings. The van der Waals surface area contributed by atoms with Crippen LogP contribution in [-0.2, 0) is 9.53 Å². The van der Waals surface area contributed by atoms with E-state index in [-0.39, 0.29) is 28.1 Å². The maximum atomic E-state index is 13.4. The number of hydrogen-bond donors (Lipinski definition) is 0. The van der Waals surface area contributed by atoms with Crippen LogP contribution in [0.15, 0.2) is 0 Å². The highest BCUT2D eigenvalue weighted by atomic mass is 31.1. The van der Waals surface area contributed by atoms with Gasteiger partial charge < -0.3 is 4.74 Å². The van der Waals surface area contributed by atoms with Crippen LogP contribution in [-0.4, -0.2) is 23.9 Å². The molecule has 0 heterocycles. The SMILES string of the molecule is CCCC1(OC(=O)C(CC(C)(C)C)PC)CCC23CC1C(C)(C)C2CCC3C. The van der Waals surface area contributed by atoms with Crippen LogP contribution in [0.2, 0.25) is 0 Å². The molecule has 7 atom stereocenters. The first-order chi connectivity index (χ1) is 12.9. The predicted octanol–water partition coefficient (Wildman–Crippen LogP) is 7.05. The first-order valence-corrected chi connectivity index (χ1v) is 13.4. The summed E-state index contributed by atoms with van der Waals surface area (Å²) in [6.45, 7) is 18.6. The molecule has 3 aliphatic carbocycles. The van der Waals surface area contributed by atoms with Crippen molar-refractivity contribution in [2.75, 3.05) is 6.66 Å². The summed E-state index contributed by atoms with van der Waals surface area (Å²) in [7, 11) is 0.623. The van der Waals surface area contributed by atoms with Crippen LogP contribution in [0, 0.1) is 34.0 Å². The van der Waals surface area contributed by atoms with Crippen LogP contribution >= 0.6 is 8.58 Å². The minimum absolute atomic E-state index is 0.0626. The van der Waals surface area contributed by atoms with Crippen molar-refractivity contribution in [3.8, 4) is 0 Å². The van der Waals surface area contributed by atoms with Gasteiger partial charge in [-0.05, 0) is 79.7 Å². The largest absolute Gasteiger partial charge is 0.458 e. The van der Waals surface area contributed by atoms with Gasteiger partial charge in [-0.3, -0.25) is 4.79 Å². The van der Waals surface area contributed by atoms with Crippen LogP contribution in [0.3, 0.4) is 0 Å². The Kier molecular flexibility index (Phi) is 6.09. The van der Waals surface area contributed by atoms with Gasteiger partial charge in [0.1, 0.15) is 5.60 Å². The molecule has 3 rings (SSSR count). The van der Waals surface area contributed by atoms with Gasteiger partial charge in [-0.25, -0.2) is 0 Å². The number of carbonyl (C=O) groups is 1. The lowest BCUT2D eigenvalue weighted by Crippen LogP contribution is -2.50. The van der Waals surface area contributed by atoms with E-state index in [0.717, 1.165) is 37.5 Å². The van der Waals surface area contributed by atoms with Crippen molar-refractivity contribution in [2.45, 2.75) is 111 Å². The zero-order chi connectivity index (χ0) is 21.0. The van der Waals surface area contributed by atoms with Crippen molar-refractivity contribution < 1.29 is 9.53 Å². The Balaban J connectivity index is 1.88. The second-order valence-corrected chi connectivity index (χ2v) is 13.5. The maximum absolute atomic E-state index is 13.4. The average molecular weight is 409 g/mol. The van der Waals surface area contributed by atoms with E-state index in [1.54, 1.807) is 0 Å². The van der Waals surface area contributed by atoms with E-state index >= 15 is 0 Å². The molecule has 28 heavy (non-hydrogen) atoms. The van der Waals surface area contributed by atoms with Crippen molar-refractivity contribution in [3.05, 3.63) is 0 Å². The number of esters is 1. The second-order valence-electron chi connectivity index (χ2n) is 12.2. The molecule has 0 aliphatic heterocycles. The number of hydrogen-bond acceptors (Lipinski definition) is 2. The van der Waals surface area contributed by atoms with Crippen LogP contribution in [0.1, 0.15) is 99.8 Å². The van der Waals surface area contributed by atoms with E-state index in [0.29, 0.717) is 19.9 Å². The van der Waals surface area contributed by atoms with Crippen molar-refractivity contribution in [1.29, 1.82) is 0 Å². The Morgan fingerprint density at radius 2 is 1.86 bits per heavy atom. The zero-order valence-electron chi connectivity index (χ0n) is 19.8. The van der Waals surface area contributed by atoms with Crippen LogP contribution < -0.4 is 0 Å². The van der Waals surface area contributed by atoms with Crippen molar-refractivity contribution in [1.82, 2.24) is 0 Å². The van der Waals surface area contributed by atoms with Crippen LogP contribution in [0.25, 0.3) is 0 Å². The Labute approximate surface area is 176 Å². The first kappa shape index (κ1) is 22.6. The molecule has 0 aromatic heterocycles. The van der Waals surface area contributed by atoms with E-state index in [2.05, 4.69) is 55.1 Å².